The number of nitrogens with one attached hydrogen (secondary N) is 2. The van der Waals surface area contributed by atoms with Gasteiger partial charge in [-0.2, -0.15) is 5.10 Å². The molecule has 1 aliphatic rings. The van der Waals surface area contributed by atoms with E-state index in [1.54, 1.807) is 16.9 Å². The fourth-order valence-corrected chi connectivity index (χ4v) is 3.59. The van der Waals surface area contributed by atoms with Gasteiger partial charge in [0.15, 0.2) is 0 Å². The summed E-state index contributed by atoms with van der Waals surface area (Å²) in [6.07, 6.45) is 3.61. The second kappa shape index (κ2) is 5.79. The molecular weight excluding hydrogens is 340 g/mol. The first-order valence-corrected chi connectivity index (χ1v) is 8.41. The molecule has 4 N–H and O–H groups in total. The predicted molar refractivity (Wildman–Crippen MR) is 99.1 cm³/mol. The quantitative estimate of drug-likeness (QED) is 0.662. The lowest BCUT2D eigenvalue weighted by molar-refractivity contribution is 0.100. The number of nitrogens with two attached hydrogens (primary N) is 1. The fourth-order valence-electron chi connectivity index (χ4n) is 3.24. The van der Waals surface area contributed by atoms with E-state index in [-0.39, 0.29) is 0 Å². The molecule has 0 spiro atoms. The van der Waals surface area contributed by atoms with E-state index in [4.69, 9.17) is 17.3 Å². The maximum atomic E-state index is 11.9. The van der Waals surface area contributed by atoms with Crippen molar-refractivity contribution in [1.29, 1.82) is 0 Å². The Morgan fingerprint density at radius 2 is 2.20 bits per heavy atom. The number of amides is 1. The maximum Gasteiger partial charge on any atom is 0.250 e. The Morgan fingerprint density at radius 1 is 1.44 bits per heavy atom. The molecule has 2 aromatic heterocycles. The average molecular weight is 359 g/mol. The number of aromatic nitrogens is 3. The van der Waals surface area contributed by atoms with Crippen molar-refractivity contribution >= 4 is 34.1 Å². The van der Waals surface area contributed by atoms with Crippen molar-refractivity contribution in [2.24, 2.45) is 12.8 Å². The number of anilines is 1. The Labute approximate surface area is 149 Å². The van der Waals surface area contributed by atoms with Crippen LogP contribution in [0.3, 0.4) is 0 Å². The number of aromatic amines is 1. The zero-order valence-corrected chi connectivity index (χ0v) is 14.8. The van der Waals surface area contributed by atoms with Gasteiger partial charge in [-0.25, -0.2) is 0 Å². The van der Waals surface area contributed by atoms with Gasteiger partial charge in [0, 0.05) is 50.0 Å². The number of carbonyl (C=O) groups is 1. The number of halogens is 1. The van der Waals surface area contributed by atoms with Crippen molar-refractivity contribution < 1.29 is 4.79 Å². The van der Waals surface area contributed by atoms with Crippen molar-refractivity contribution in [2.75, 3.05) is 25.0 Å². The molecular formula is C17H19ClN6O. The number of hydrogen-bond donors (Lipinski definition) is 3. The van der Waals surface area contributed by atoms with Gasteiger partial charge in [-0.15, -0.1) is 0 Å². The van der Waals surface area contributed by atoms with Gasteiger partial charge in [0.25, 0.3) is 5.91 Å². The maximum absolute atomic E-state index is 11.9. The van der Waals surface area contributed by atoms with E-state index in [0.717, 1.165) is 35.4 Å². The largest absolute Gasteiger partial charge is 0.368 e. The molecule has 1 aliphatic heterocycles. The van der Waals surface area contributed by atoms with E-state index in [1.807, 2.05) is 26.4 Å². The van der Waals surface area contributed by atoms with Crippen molar-refractivity contribution in [2.45, 2.75) is 6.04 Å². The van der Waals surface area contributed by atoms with Gasteiger partial charge in [0.05, 0.1) is 34.0 Å². The highest BCUT2D eigenvalue weighted by Crippen LogP contribution is 2.41. The Morgan fingerprint density at radius 3 is 2.76 bits per heavy atom. The van der Waals surface area contributed by atoms with Crippen LogP contribution in [0, 0.1) is 0 Å². The monoisotopic (exact) mass is 358 g/mol. The predicted octanol–water partition coefficient (Wildman–Crippen LogP) is 1.73. The molecule has 0 unspecified atom stereocenters. The van der Waals surface area contributed by atoms with E-state index in [9.17, 15) is 4.79 Å². The highest BCUT2D eigenvalue weighted by Gasteiger charge is 2.26. The minimum absolute atomic E-state index is 0.399. The van der Waals surface area contributed by atoms with Crippen LogP contribution in [0.1, 0.15) is 10.4 Å². The molecule has 1 saturated heterocycles. The Kier molecular flexibility index (Phi) is 3.70. The van der Waals surface area contributed by atoms with Crippen LogP contribution in [0.4, 0.5) is 5.69 Å². The summed E-state index contributed by atoms with van der Waals surface area (Å²) in [4.78, 5) is 17.4. The molecule has 8 heteroatoms. The summed E-state index contributed by atoms with van der Waals surface area (Å²) in [5.74, 6) is -0.486. The Hall–Kier alpha value is -2.51. The number of carbonyl (C=O) groups excluding carboxylic acids is 1. The molecule has 3 heterocycles. The number of aryl methyl sites for hydroxylation is 1. The lowest BCUT2D eigenvalue weighted by Gasteiger charge is -2.37. The molecule has 0 atom stereocenters. The molecule has 0 saturated carbocycles. The van der Waals surface area contributed by atoms with E-state index < -0.39 is 5.91 Å². The van der Waals surface area contributed by atoms with Gasteiger partial charge < -0.3 is 20.9 Å². The van der Waals surface area contributed by atoms with Crippen LogP contribution in [0.5, 0.6) is 0 Å². The van der Waals surface area contributed by atoms with E-state index in [0.29, 0.717) is 22.1 Å². The first kappa shape index (κ1) is 16.0. The summed E-state index contributed by atoms with van der Waals surface area (Å²) in [5.41, 5.74) is 9.22. The van der Waals surface area contributed by atoms with Crippen LogP contribution in [0.15, 0.2) is 24.5 Å². The lowest BCUT2D eigenvalue weighted by atomic mass is 10.1. The highest BCUT2D eigenvalue weighted by molar-refractivity contribution is 6.40. The second-order valence-electron chi connectivity index (χ2n) is 6.39. The number of H-pyrrole nitrogens is 1. The van der Waals surface area contributed by atoms with Gasteiger partial charge in [-0.05, 0) is 12.1 Å². The summed E-state index contributed by atoms with van der Waals surface area (Å²) >= 11 is 6.73. The highest BCUT2D eigenvalue weighted by atomic mass is 35.5. The molecule has 3 aromatic rings. The third-order valence-electron chi connectivity index (χ3n) is 4.82. The molecule has 1 amide bonds. The average Bonchev–Trinajstić information content (AvgIpc) is 3.08. The number of primary amides is 1. The fraction of sp³-hybridized carbons (Fsp3) is 0.294. The number of fused-ring (bicyclic) bond motifs is 1. The number of hydrogen-bond acceptors (Lipinski definition) is 4. The van der Waals surface area contributed by atoms with Gasteiger partial charge in [0.2, 0.25) is 0 Å². The first-order valence-electron chi connectivity index (χ1n) is 8.04. The van der Waals surface area contributed by atoms with Crippen molar-refractivity contribution in [3.05, 3.63) is 35.1 Å². The van der Waals surface area contributed by atoms with Crippen LogP contribution in [-0.4, -0.2) is 46.9 Å². The molecule has 0 radical (unpaired) electrons. The summed E-state index contributed by atoms with van der Waals surface area (Å²) in [5, 5.41) is 8.85. The first-order chi connectivity index (χ1) is 12.0. The van der Waals surface area contributed by atoms with Crippen molar-refractivity contribution in [3.8, 4) is 11.3 Å². The van der Waals surface area contributed by atoms with Crippen LogP contribution >= 0.6 is 11.6 Å². The molecule has 0 aliphatic carbocycles. The molecule has 7 nitrogen and oxygen atoms in total. The molecule has 1 aromatic carbocycles. The van der Waals surface area contributed by atoms with Crippen molar-refractivity contribution in [1.82, 2.24) is 20.1 Å². The number of benzene rings is 1. The Bertz CT molecular complexity index is 971. The van der Waals surface area contributed by atoms with Crippen LogP contribution in [-0.2, 0) is 7.05 Å². The van der Waals surface area contributed by atoms with Gasteiger partial charge in [-0.3, -0.25) is 9.48 Å². The zero-order chi connectivity index (χ0) is 17.7. The van der Waals surface area contributed by atoms with Gasteiger partial charge in [-0.1, -0.05) is 11.6 Å². The molecule has 1 fully saturated rings. The lowest BCUT2D eigenvalue weighted by Crippen LogP contribution is -2.56. The minimum Gasteiger partial charge on any atom is -0.368 e. The molecule has 25 heavy (non-hydrogen) atoms. The summed E-state index contributed by atoms with van der Waals surface area (Å²) in [7, 11) is 3.88. The molecule has 130 valence electrons. The summed E-state index contributed by atoms with van der Waals surface area (Å²) < 4.78 is 1.71. The third kappa shape index (κ3) is 2.47. The van der Waals surface area contributed by atoms with Crippen LogP contribution < -0.4 is 16.0 Å². The Balaban J connectivity index is 1.96. The molecule has 4 rings (SSSR count). The summed E-state index contributed by atoms with van der Waals surface area (Å²) in [6, 6.07) is 4.06. The smallest absolute Gasteiger partial charge is 0.250 e. The standard InChI is InChI=1S/C17H19ClN6O/c1-23-8-9(5-21-23)15-14(18)13-12(24(2)10-6-20-7-10)4-3-11(17(19)25)16(13)22-15/h3-5,8,10,20,22H,6-7H2,1-2H3,(H2,19,25). The summed E-state index contributed by atoms with van der Waals surface area (Å²) in [6.45, 7) is 1.85. The van der Waals surface area contributed by atoms with Crippen molar-refractivity contribution in [3.63, 3.8) is 0 Å². The van der Waals surface area contributed by atoms with Crippen LogP contribution in [0.2, 0.25) is 5.02 Å². The number of likely N-dealkylation sites (N-methyl/N-ethyl adjacent to an activating group) is 1. The number of nitrogens with zero attached hydrogens (tertiary/aromatic N) is 3. The van der Waals surface area contributed by atoms with E-state index in [1.165, 1.54) is 0 Å². The second-order valence-corrected chi connectivity index (χ2v) is 6.76. The molecule has 0 bridgehead atoms. The SMILES string of the molecule is CN(c1ccc(C(N)=O)c2[nH]c(-c3cnn(C)c3)c(Cl)c12)C1CNC1. The van der Waals surface area contributed by atoms with Crippen LogP contribution in [0.25, 0.3) is 22.2 Å². The van der Waals surface area contributed by atoms with E-state index >= 15 is 0 Å². The zero-order valence-electron chi connectivity index (χ0n) is 14.0. The normalized spacial score (nSPS) is 14.7. The third-order valence-corrected chi connectivity index (χ3v) is 5.20. The van der Waals surface area contributed by atoms with Gasteiger partial charge in [0.1, 0.15) is 0 Å². The topological polar surface area (TPSA) is 92.0 Å². The number of rotatable bonds is 4. The van der Waals surface area contributed by atoms with E-state index in [2.05, 4.69) is 20.3 Å². The van der Waals surface area contributed by atoms with Gasteiger partial charge >= 0.3 is 0 Å². The minimum atomic E-state index is -0.486.